The quantitative estimate of drug-likeness (QED) is 0.478. The van der Waals surface area contributed by atoms with E-state index in [1.54, 1.807) is 6.07 Å². The number of nitrogens with one attached hydrogen (secondary N) is 1. The molecule has 0 aliphatic carbocycles. The second-order valence-electron chi connectivity index (χ2n) is 7.35. The number of amides is 2. The van der Waals surface area contributed by atoms with Gasteiger partial charge in [0.2, 0.25) is 0 Å². The number of ether oxygens (including phenoxy) is 2. The maximum atomic E-state index is 13.1. The van der Waals surface area contributed by atoms with Gasteiger partial charge in [-0.1, -0.05) is 18.2 Å². The third kappa shape index (κ3) is 5.28. The molecule has 0 unspecified atom stereocenters. The van der Waals surface area contributed by atoms with Crippen molar-refractivity contribution >= 4 is 23.1 Å². The zero-order chi connectivity index (χ0) is 23.5. The second kappa shape index (κ2) is 9.44. The molecule has 0 atom stereocenters. The Hall–Kier alpha value is -3.33. The summed E-state index contributed by atoms with van der Waals surface area (Å²) in [6, 6.07) is 10.4. The Morgan fingerprint density at radius 2 is 1.66 bits per heavy atom. The molecule has 170 valence electrons. The number of alkyl halides is 3. The van der Waals surface area contributed by atoms with Gasteiger partial charge in [-0.2, -0.15) is 0 Å². The van der Waals surface area contributed by atoms with Crippen molar-refractivity contribution in [3.63, 3.8) is 0 Å². The first-order valence-corrected chi connectivity index (χ1v) is 9.90. The van der Waals surface area contributed by atoms with E-state index in [-0.39, 0.29) is 23.6 Å². The Bertz CT molecular complexity index is 1050. The van der Waals surface area contributed by atoms with Crippen LogP contribution in [0, 0.1) is 13.8 Å². The summed E-state index contributed by atoms with van der Waals surface area (Å²) in [7, 11) is 1.53. The lowest BCUT2D eigenvalue weighted by atomic mass is 9.99. The van der Waals surface area contributed by atoms with Crippen LogP contribution in [0.3, 0.4) is 0 Å². The number of imide groups is 1. The molecule has 1 heterocycles. The predicted molar refractivity (Wildman–Crippen MR) is 113 cm³/mol. The number of halogens is 3. The van der Waals surface area contributed by atoms with Gasteiger partial charge in [0.15, 0.2) is 0 Å². The lowest BCUT2D eigenvalue weighted by Crippen LogP contribution is -2.33. The number of nitrogens with zero attached hydrogens (tertiary/aromatic N) is 1. The molecule has 0 saturated heterocycles. The van der Waals surface area contributed by atoms with Gasteiger partial charge in [0.25, 0.3) is 11.8 Å². The van der Waals surface area contributed by atoms with Gasteiger partial charge in [0.05, 0.1) is 5.57 Å². The van der Waals surface area contributed by atoms with E-state index in [9.17, 15) is 22.8 Å². The standard InChI is InChI=1S/C23H23F3N2O4/c1-14-5-6-16(13-15(14)2)19-20(22(30)28(21(19)29)11-4-12-31-3)27-17-7-9-18(10-8-17)32-23(24,25)26/h5-10,13,27H,4,11-12H2,1-3H3. The number of carbonyl (C=O) groups excluding carboxylic acids is 2. The topological polar surface area (TPSA) is 67.9 Å². The number of benzene rings is 2. The molecule has 6 nitrogen and oxygen atoms in total. The van der Waals surface area contributed by atoms with E-state index in [2.05, 4.69) is 10.1 Å². The zero-order valence-electron chi connectivity index (χ0n) is 17.9. The molecular formula is C23H23F3N2O4. The van der Waals surface area contributed by atoms with E-state index in [4.69, 9.17) is 4.74 Å². The number of methoxy groups -OCH3 is 1. The average molecular weight is 448 g/mol. The van der Waals surface area contributed by atoms with Crippen molar-refractivity contribution in [1.82, 2.24) is 4.90 Å². The summed E-state index contributed by atoms with van der Waals surface area (Å²) < 4.78 is 46.1. The molecule has 0 radical (unpaired) electrons. The minimum Gasteiger partial charge on any atom is -0.406 e. The van der Waals surface area contributed by atoms with Crippen LogP contribution in [0.15, 0.2) is 48.2 Å². The van der Waals surface area contributed by atoms with Gasteiger partial charge in [-0.3, -0.25) is 14.5 Å². The summed E-state index contributed by atoms with van der Waals surface area (Å²) >= 11 is 0. The second-order valence-corrected chi connectivity index (χ2v) is 7.35. The summed E-state index contributed by atoms with van der Waals surface area (Å²) in [5, 5.41) is 2.91. The Morgan fingerprint density at radius 1 is 0.969 bits per heavy atom. The van der Waals surface area contributed by atoms with E-state index in [1.165, 1.54) is 19.2 Å². The highest BCUT2D eigenvalue weighted by molar-refractivity contribution is 6.36. The van der Waals surface area contributed by atoms with Crippen molar-refractivity contribution in [2.45, 2.75) is 26.6 Å². The van der Waals surface area contributed by atoms with Gasteiger partial charge < -0.3 is 14.8 Å². The summed E-state index contributed by atoms with van der Waals surface area (Å²) in [6.07, 6.45) is -4.32. The molecule has 0 aromatic heterocycles. The molecule has 0 fully saturated rings. The molecule has 0 spiro atoms. The fraction of sp³-hybridized carbons (Fsp3) is 0.304. The van der Waals surface area contributed by atoms with Crippen LogP contribution in [0.4, 0.5) is 18.9 Å². The molecule has 9 heteroatoms. The first kappa shape index (κ1) is 23.3. The number of carbonyl (C=O) groups is 2. The Morgan fingerprint density at radius 3 is 2.25 bits per heavy atom. The molecule has 2 aromatic rings. The number of rotatable bonds is 8. The highest BCUT2D eigenvalue weighted by Gasteiger charge is 2.39. The van der Waals surface area contributed by atoms with Crippen molar-refractivity contribution in [2.24, 2.45) is 0 Å². The van der Waals surface area contributed by atoms with Crippen molar-refractivity contribution in [3.8, 4) is 5.75 Å². The minimum atomic E-state index is -4.80. The molecule has 0 bridgehead atoms. The average Bonchev–Trinajstić information content (AvgIpc) is 2.95. The molecule has 0 saturated carbocycles. The first-order chi connectivity index (χ1) is 15.1. The van der Waals surface area contributed by atoms with Crippen LogP contribution in [0.5, 0.6) is 5.75 Å². The number of hydrogen-bond donors (Lipinski definition) is 1. The SMILES string of the molecule is COCCCN1C(=O)C(Nc2ccc(OC(F)(F)F)cc2)=C(c2ccc(C)c(C)c2)C1=O. The first-order valence-electron chi connectivity index (χ1n) is 9.90. The summed E-state index contributed by atoms with van der Waals surface area (Å²) in [6.45, 7) is 4.42. The van der Waals surface area contributed by atoms with Gasteiger partial charge in [-0.05, 0) is 61.2 Å². The Kier molecular flexibility index (Phi) is 6.88. The zero-order valence-corrected chi connectivity index (χ0v) is 17.9. The maximum absolute atomic E-state index is 13.1. The maximum Gasteiger partial charge on any atom is 0.573 e. The van der Waals surface area contributed by atoms with E-state index >= 15 is 0 Å². The van der Waals surface area contributed by atoms with Gasteiger partial charge in [-0.25, -0.2) is 0 Å². The Balaban J connectivity index is 1.95. The summed E-state index contributed by atoms with van der Waals surface area (Å²) in [4.78, 5) is 27.4. The molecule has 1 N–H and O–H groups in total. The van der Waals surface area contributed by atoms with E-state index in [0.29, 0.717) is 24.3 Å². The minimum absolute atomic E-state index is 0.0696. The van der Waals surface area contributed by atoms with Gasteiger partial charge >= 0.3 is 6.36 Å². The van der Waals surface area contributed by atoms with Crippen LogP contribution >= 0.6 is 0 Å². The monoisotopic (exact) mass is 448 g/mol. The van der Waals surface area contributed by atoms with Crippen molar-refractivity contribution in [3.05, 3.63) is 64.9 Å². The van der Waals surface area contributed by atoms with Crippen molar-refractivity contribution in [1.29, 1.82) is 0 Å². The number of anilines is 1. The highest BCUT2D eigenvalue weighted by Crippen LogP contribution is 2.32. The lowest BCUT2D eigenvalue weighted by Gasteiger charge is -2.15. The smallest absolute Gasteiger partial charge is 0.406 e. The molecule has 2 amide bonds. The normalized spacial score (nSPS) is 14.4. The Labute approximate surface area is 183 Å². The van der Waals surface area contributed by atoms with E-state index in [0.717, 1.165) is 28.2 Å². The third-order valence-electron chi connectivity index (χ3n) is 5.05. The van der Waals surface area contributed by atoms with Crippen LogP contribution in [0.1, 0.15) is 23.1 Å². The lowest BCUT2D eigenvalue weighted by molar-refractivity contribution is -0.274. The molecular weight excluding hydrogens is 425 g/mol. The third-order valence-corrected chi connectivity index (χ3v) is 5.05. The fourth-order valence-electron chi connectivity index (χ4n) is 3.31. The predicted octanol–water partition coefficient (Wildman–Crippen LogP) is 4.43. The summed E-state index contributed by atoms with van der Waals surface area (Å²) in [5.41, 5.74) is 3.21. The molecule has 1 aliphatic rings. The molecule has 1 aliphatic heterocycles. The van der Waals surface area contributed by atoms with E-state index < -0.39 is 18.2 Å². The molecule has 2 aromatic carbocycles. The van der Waals surface area contributed by atoms with Gasteiger partial charge in [0.1, 0.15) is 11.4 Å². The summed E-state index contributed by atoms with van der Waals surface area (Å²) in [5.74, 6) is -1.33. The van der Waals surface area contributed by atoms with Crippen LogP contribution < -0.4 is 10.1 Å². The fourth-order valence-corrected chi connectivity index (χ4v) is 3.31. The largest absolute Gasteiger partial charge is 0.573 e. The van der Waals surface area contributed by atoms with E-state index in [1.807, 2.05) is 26.0 Å². The number of hydrogen-bond acceptors (Lipinski definition) is 5. The van der Waals surface area contributed by atoms with Crippen LogP contribution in [-0.4, -0.2) is 43.3 Å². The van der Waals surface area contributed by atoms with Gasteiger partial charge in [-0.15, -0.1) is 13.2 Å². The molecule has 32 heavy (non-hydrogen) atoms. The highest BCUT2D eigenvalue weighted by atomic mass is 19.4. The van der Waals surface area contributed by atoms with Crippen LogP contribution in [0.25, 0.3) is 5.57 Å². The van der Waals surface area contributed by atoms with Gasteiger partial charge in [0, 0.05) is 25.9 Å². The van der Waals surface area contributed by atoms with Crippen LogP contribution in [-0.2, 0) is 14.3 Å². The number of aryl methyl sites for hydroxylation is 2. The molecule has 3 rings (SSSR count). The van der Waals surface area contributed by atoms with Crippen molar-refractivity contribution < 1.29 is 32.2 Å². The van der Waals surface area contributed by atoms with Crippen LogP contribution in [0.2, 0.25) is 0 Å². The van der Waals surface area contributed by atoms with Crippen molar-refractivity contribution in [2.75, 3.05) is 25.6 Å².